The number of halogens is 1. The van der Waals surface area contributed by atoms with Crippen LogP contribution in [0.2, 0.25) is 5.02 Å². The summed E-state index contributed by atoms with van der Waals surface area (Å²) in [5, 5.41) is 4.53. The molecule has 1 N–H and O–H groups in total. The maximum absolute atomic E-state index is 13.3. The summed E-state index contributed by atoms with van der Waals surface area (Å²) in [6.45, 7) is 3.94. The third kappa shape index (κ3) is 3.94. The molecule has 156 valence electrons. The number of nitrogens with zero attached hydrogens (tertiary/aromatic N) is 1. The van der Waals surface area contributed by atoms with Crippen LogP contribution >= 0.6 is 11.6 Å². The highest BCUT2D eigenvalue weighted by Crippen LogP contribution is 2.33. The van der Waals surface area contributed by atoms with E-state index in [2.05, 4.69) is 12.2 Å². The molecule has 1 fully saturated rings. The van der Waals surface area contributed by atoms with Gasteiger partial charge in [0.05, 0.1) is 19.0 Å². The van der Waals surface area contributed by atoms with Crippen molar-refractivity contribution in [2.75, 3.05) is 7.11 Å². The van der Waals surface area contributed by atoms with Gasteiger partial charge < -0.3 is 10.1 Å². The van der Waals surface area contributed by atoms with Crippen molar-refractivity contribution >= 4 is 34.3 Å². The summed E-state index contributed by atoms with van der Waals surface area (Å²) in [6, 6.07) is 12.6. The summed E-state index contributed by atoms with van der Waals surface area (Å²) in [6.07, 6.45) is 2.56. The Kier molecular flexibility index (Phi) is 5.56. The van der Waals surface area contributed by atoms with Crippen molar-refractivity contribution < 1.29 is 14.3 Å². The number of carbonyl (C=O) groups excluding carboxylic acids is 2. The number of hydrogen-bond acceptors (Lipinski definition) is 3. The molecular weight excluding hydrogens is 400 g/mol. The summed E-state index contributed by atoms with van der Waals surface area (Å²) in [4.78, 5) is 26.1. The van der Waals surface area contributed by atoms with E-state index in [-0.39, 0.29) is 24.3 Å². The Hall–Kier alpha value is -2.79. The van der Waals surface area contributed by atoms with Gasteiger partial charge in [-0.05, 0) is 80.6 Å². The van der Waals surface area contributed by atoms with Crippen molar-refractivity contribution in [3.8, 4) is 5.75 Å². The highest BCUT2D eigenvalue weighted by molar-refractivity contribution is 6.30. The Morgan fingerprint density at radius 3 is 2.53 bits per heavy atom. The van der Waals surface area contributed by atoms with E-state index in [1.165, 1.54) is 12.8 Å². The minimum Gasteiger partial charge on any atom is -0.497 e. The third-order valence-electron chi connectivity index (χ3n) is 5.89. The van der Waals surface area contributed by atoms with Crippen LogP contribution in [0.3, 0.4) is 0 Å². The lowest BCUT2D eigenvalue weighted by Gasteiger charge is -2.13. The van der Waals surface area contributed by atoms with Gasteiger partial charge in [0.2, 0.25) is 5.91 Å². The van der Waals surface area contributed by atoms with Gasteiger partial charge >= 0.3 is 0 Å². The molecule has 1 amide bonds. The lowest BCUT2D eigenvalue weighted by Crippen LogP contribution is -2.35. The topological polar surface area (TPSA) is 60.3 Å². The smallest absolute Gasteiger partial charge is 0.262 e. The molecule has 0 radical (unpaired) electrons. The molecular formula is C24H25ClN2O3. The van der Waals surface area contributed by atoms with Crippen molar-refractivity contribution in [3.63, 3.8) is 0 Å². The summed E-state index contributed by atoms with van der Waals surface area (Å²) in [5.41, 5.74) is 2.89. The van der Waals surface area contributed by atoms with Gasteiger partial charge in [0.1, 0.15) is 5.75 Å². The van der Waals surface area contributed by atoms with Crippen LogP contribution in [0.4, 0.5) is 0 Å². The van der Waals surface area contributed by atoms with Crippen LogP contribution in [0.15, 0.2) is 42.5 Å². The van der Waals surface area contributed by atoms with E-state index in [1.807, 2.05) is 25.1 Å². The van der Waals surface area contributed by atoms with Crippen LogP contribution in [0.1, 0.15) is 41.4 Å². The van der Waals surface area contributed by atoms with E-state index in [1.54, 1.807) is 35.9 Å². The van der Waals surface area contributed by atoms with Gasteiger partial charge in [0, 0.05) is 27.7 Å². The van der Waals surface area contributed by atoms with Crippen LogP contribution in [0, 0.1) is 12.8 Å². The molecule has 1 aliphatic rings. The first kappa shape index (κ1) is 20.5. The standard InChI is InChI=1S/C24H25ClN2O3/c1-14(16-4-5-16)26-23(28)13-20-15(2)27(22-11-10-19(30-3)12-21(20)22)24(29)17-6-8-18(25)9-7-17/h6-12,14,16H,4-5,13H2,1-3H3,(H,26,28)/t14-/m0/s1. The molecule has 4 rings (SSSR count). The molecule has 0 unspecified atom stereocenters. The molecule has 6 heteroatoms. The highest BCUT2D eigenvalue weighted by atomic mass is 35.5. The van der Waals surface area contributed by atoms with E-state index in [4.69, 9.17) is 16.3 Å². The van der Waals surface area contributed by atoms with E-state index in [9.17, 15) is 9.59 Å². The molecule has 0 aliphatic heterocycles. The second-order valence-electron chi connectivity index (χ2n) is 7.96. The normalized spacial score (nSPS) is 14.5. The molecule has 30 heavy (non-hydrogen) atoms. The largest absolute Gasteiger partial charge is 0.497 e. The number of rotatable bonds is 6. The fourth-order valence-electron chi connectivity index (χ4n) is 3.98. The molecule has 5 nitrogen and oxygen atoms in total. The van der Waals surface area contributed by atoms with Gasteiger partial charge in [-0.25, -0.2) is 0 Å². The van der Waals surface area contributed by atoms with Crippen molar-refractivity contribution in [1.82, 2.24) is 9.88 Å². The minimum atomic E-state index is -0.155. The number of amides is 1. The monoisotopic (exact) mass is 424 g/mol. The number of nitrogens with one attached hydrogen (secondary N) is 1. The van der Waals surface area contributed by atoms with Crippen molar-refractivity contribution in [2.24, 2.45) is 5.92 Å². The van der Waals surface area contributed by atoms with Gasteiger partial charge in [-0.2, -0.15) is 0 Å². The maximum Gasteiger partial charge on any atom is 0.262 e. The Bertz CT molecular complexity index is 1110. The van der Waals surface area contributed by atoms with Gasteiger partial charge in [0.15, 0.2) is 0 Å². The highest BCUT2D eigenvalue weighted by Gasteiger charge is 2.29. The van der Waals surface area contributed by atoms with Crippen LogP contribution < -0.4 is 10.1 Å². The minimum absolute atomic E-state index is 0.0293. The molecule has 0 spiro atoms. The van der Waals surface area contributed by atoms with E-state index < -0.39 is 0 Å². The number of carbonyl (C=O) groups is 2. The van der Waals surface area contributed by atoms with E-state index in [0.29, 0.717) is 22.3 Å². The number of hydrogen-bond donors (Lipinski definition) is 1. The first-order valence-corrected chi connectivity index (χ1v) is 10.5. The fourth-order valence-corrected chi connectivity index (χ4v) is 4.10. The summed E-state index contributed by atoms with van der Waals surface area (Å²) in [7, 11) is 1.60. The zero-order valence-electron chi connectivity index (χ0n) is 17.4. The number of ether oxygens (including phenoxy) is 1. The Labute approximate surface area is 181 Å². The maximum atomic E-state index is 13.3. The van der Waals surface area contributed by atoms with E-state index in [0.717, 1.165) is 22.2 Å². The summed E-state index contributed by atoms with van der Waals surface area (Å²) >= 11 is 5.98. The van der Waals surface area contributed by atoms with Crippen molar-refractivity contribution in [2.45, 2.75) is 39.2 Å². The molecule has 1 aromatic heterocycles. The quantitative estimate of drug-likeness (QED) is 0.620. The number of aromatic nitrogens is 1. The number of methoxy groups -OCH3 is 1. The summed E-state index contributed by atoms with van der Waals surface area (Å²) < 4.78 is 7.06. The molecule has 3 aromatic rings. The van der Waals surface area contributed by atoms with Crippen LogP contribution in [0.5, 0.6) is 5.75 Å². The van der Waals surface area contributed by atoms with Crippen molar-refractivity contribution in [3.05, 3.63) is 64.3 Å². The average Bonchev–Trinajstić information content (AvgIpc) is 3.54. The Balaban J connectivity index is 1.75. The Morgan fingerprint density at radius 1 is 1.20 bits per heavy atom. The molecule has 1 saturated carbocycles. The zero-order valence-corrected chi connectivity index (χ0v) is 18.1. The number of benzene rings is 2. The van der Waals surface area contributed by atoms with Crippen LogP contribution in [-0.4, -0.2) is 29.5 Å². The first-order valence-electron chi connectivity index (χ1n) is 10.2. The second-order valence-corrected chi connectivity index (χ2v) is 8.40. The third-order valence-corrected chi connectivity index (χ3v) is 6.14. The molecule has 0 saturated heterocycles. The lowest BCUT2D eigenvalue weighted by molar-refractivity contribution is -0.121. The van der Waals surface area contributed by atoms with Crippen LogP contribution in [-0.2, 0) is 11.2 Å². The number of fused-ring (bicyclic) bond motifs is 1. The summed E-state index contributed by atoms with van der Waals surface area (Å²) in [5.74, 6) is 1.09. The second kappa shape index (κ2) is 8.15. The molecule has 2 aromatic carbocycles. The molecule has 1 atom stereocenters. The van der Waals surface area contributed by atoms with Crippen molar-refractivity contribution in [1.29, 1.82) is 0 Å². The Morgan fingerprint density at radius 2 is 1.90 bits per heavy atom. The lowest BCUT2D eigenvalue weighted by atomic mass is 10.1. The van der Waals surface area contributed by atoms with Crippen LogP contribution in [0.25, 0.3) is 10.9 Å². The molecule has 1 aliphatic carbocycles. The predicted octanol–water partition coefficient (Wildman–Crippen LogP) is 4.76. The molecule has 1 heterocycles. The SMILES string of the molecule is COc1ccc2c(c1)c(CC(=O)N[C@@H](C)C1CC1)c(C)n2C(=O)c1ccc(Cl)cc1. The molecule has 0 bridgehead atoms. The van der Waals surface area contributed by atoms with Gasteiger partial charge in [0.25, 0.3) is 5.91 Å². The first-order chi connectivity index (χ1) is 14.4. The van der Waals surface area contributed by atoms with Gasteiger partial charge in [-0.1, -0.05) is 11.6 Å². The van der Waals surface area contributed by atoms with Gasteiger partial charge in [-0.3, -0.25) is 14.2 Å². The fraction of sp³-hybridized carbons (Fsp3) is 0.333. The van der Waals surface area contributed by atoms with Gasteiger partial charge in [-0.15, -0.1) is 0 Å². The average molecular weight is 425 g/mol. The predicted molar refractivity (Wildman–Crippen MR) is 118 cm³/mol. The zero-order chi connectivity index (χ0) is 21.4. The van der Waals surface area contributed by atoms with E-state index >= 15 is 0 Å².